The van der Waals surface area contributed by atoms with Gasteiger partial charge in [0.25, 0.3) is 11.5 Å². The molecular formula is C32H43FN8O7. The van der Waals surface area contributed by atoms with Gasteiger partial charge in [-0.25, -0.2) is 14.2 Å². The normalized spacial score (nSPS) is 12.0. The highest BCUT2D eigenvalue weighted by Gasteiger charge is 2.25. The standard InChI is InChI=1S/C28H36N8O5.C4H7FO2/c1-5-16(4)34-27(39)19-9-18(10-20(29)11-19)22-13-32-26(33-15(2)3)28(40)36(22)14-24(38)31-12-17-6-7-21(23(37)8-17)25(30)35-41;1-4(2,5)3(6)7/h6-11,13,15-16,37,41H,5,12,14,29H2,1-4H3,(H2,30,35)(H,31,38)(H,32,33)(H,34,39);1-2H3,(H,6,7)/t16-;/m0./s1. The molecule has 2 amide bonds. The molecule has 16 heteroatoms. The number of carboxylic acid groups (broad SMARTS) is 1. The number of amides is 2. The average molecular weight is 671 g/mol. The van der Waals surface area contributed by atoms with E-state index in [0.29, 0.717) is 28.1 Å². The van der Waals surface area contributed by atoms with Crippen molar-refractivity contribution in [3.05, 3.63) is 69.6 Å². The number of carboxylic acids is 1. The third-order valence-electron chi connectivity index (χ3n) is 6.73. The Labute approximate surface area is 276 Å². The topological polar surface area (TPSA) is 247 Å². The maximum Gasteiger partial charge on any atom is 0.340 e. The number of hydrogen-bond acceptors (Lipinski definition) is 10. The largest absolute Gasteiger partial charge is 0.507 e. The van der Waals surface area contributed by atoms with Gasteiger partial charge in [0.15, 0.2) is 11.7 Å². The van der Waals surface area contributed by atoms with Gasteiger partial charge in [0.1, 0.15) is 12.3 Å². The van der Waals surface area contributed by atoms with Gasteiger partial charge in [-0.3, -0.25) is 19.0 Å². The first-order valence-corrected chi connectivity index (χ1v) is 14.9. The number of oxime groups is 1. The minimum Gasteiger partial charge on any atom is -0.507 e. The third kappa shape index (κ3) is 11.0. The maximum absolute atomic E-state index is 13.4. The molecule has 15 nitrogen and oxygen atoms in total. The Kier molecular flexibility index (Phi) is 13.4. The lowest BCUT2D eigenvalue weighted by Gasteiger charge is -2.17. The molecule has 0 spiro atoms. The highest BCUT2D eigenvalue weighted by atomic mass is 19.1. The lowest BCUT2D eigenvalue weighted by Crippen LogP contribution is -2.35. The number of aromatic nitrogens is 2. The molecule has 0 bridgehead atoms. The number of nitrogens with zero attached hydrogens (tertiary/aromatic N) is 3. The fourth-order valence-corrected chi connectivity index (χ4v) is 3.95. The number of nitrogen functional groups attached to an aromatic ring is 1. The number of rotatable bonds is 12. The highest BCUT2D eigenvalue weighted by Crippen LogP contribution is 2.24. The minimum atomic E-state index is -2.08. The van der Waals surface area contributed by atoms with Gasteiger partial charge < -0.3 is 42.8 Å². The molecule has 3 aromatic rings. The summed E-state index contributed by atoms with van der Waals surface area (Å²) in [7, 11) is 0. The summed E-state index contributed by atoms with van der Waals surface area (Å²) in [6.07, 6.45) is 2.20. The summed E-state index contributed by atoms with van der Waals surface area (Å²) < 4.78 is 13.2. The number of aromatic hydroxyl groups is 1. The van der Waals surface area contributed by atoms with Crippen molar-refractivity contribution >= 4 is 35.1 Å². The molecule has 0 saturated carbocycles. The highest BCUT2D eigenvalue weighted by molar-refractivity contribution is 5.99. The molecule has 260 valence electrons. The van der Waals surface area contributed by atoms with E-state index in [1.165, 1.54) is 22.9 Å². The van der Waals surface area contributed by atoms with Crippen LogP contribution in [-0.2, 0) is 22.7 Å². The molecule has 0 radical (unpaired) electrons. The summed E-state index contributed by atoms with van der Waals surface area (Å²) in [6.45, 7) is 9.22. The smallest absolute Gasteiger partial charge is 0.340 e. The van der Waals surface area contributed by atoms with Crippen LogP contribution in [0.5, 0.6) is 5.75 Å². The third-order valence-corrected chi connectivity index (χ3v) is 6.73. The molecule has 3 rings (SSSR count). The minimum absolute atomic E-state index is 0.0351. The Morgan fingerprint density at radius 2 is 1.77 bits per heavy atom. The summed E-state index contributed by atoms with van der Waals surface area (Å²) in [5.74, 6) is -2.64. The fourth-order valence-electron chi connectivity index (χ4n) is 3.95. The molecule has 0 aliphatic carbocycles. The second-order valence-electron chi connectivity index (χ2n) is 11.7. The van der Waals surface area contributed by atoms with Gasteiger partial charge in [-0.05, 0) is 76.9 Å². The van der Waals surface area contributed by atoms with E-state index < -0.39 is 23.1 Å². The van der Waals surface area contributed by atoms with Gasteiger partial charge in [-0.2, -0.15) is 0 Å². The number of alkyl halides is 1. The SMILES string of the molecule is CC(C)(F)C(=O)O.CC[C@H](C)NC(=O)c1cc(N)cc(-c2cnc(NC(C)C)c(=O)n2CC(=O)NCc2ccc(/C(N)=N/O)c(O)c2)c1. The van der Waals surface area contributed by atoms with Crippen molar-refractivity contribution in [1.29, 1.82) is 0 Å². The quantitative estimate of drug-likeness (QED) is 0.0457. The number of phenolic OH excluding ortho intramolecular Hbond substituents is 1. The second kappa shape index (κ2) is 16.8. The van der Waals surface area contributed by atoms with E-state index in [1.54, 1.807) is 24.3 Å². The predicted octanol–water partition coefficient (Wildman–Crippen LogP) is 2.78. The number of anilines is 2. The Balaban J connectivity index is 0.00000103. The number of hydrogen-bond donors (Lipinski definition) is 8. The molecule has 48 heavy (non-hydrogen) atoms. The van der Waals surface area contributed by atoms with Gasteiger partial charge in [0, 0.05) is 35.4 Å². The first-order chi connectivity index (χ1) is 22.4. The predicted molar refractivity (Wildman–Crippen MR) is 180 cm³/mol. The van der Waals surface area contributed by atoms with Gasteiger partial charge >= 0.3 is 5.97 Å². The zero-order chi connectivity index (χ0) is 36.3. The number of aliphatic carboxylic acids is 1. The summed E-state index contributed by atoms with van der Waals surface area (Å²) in [5.41, 5.74) is 11.1. The number of amidine groups is 1. The van der Waals surface area contributed by atoms with Crippen LogP contribution in [0.2, 0.25) is 0 Å². The van der Waals surface area contributed by atoms with Crippen LogP contribution in [0.1, 0.15) is 69.4 Å². The zero-order valence-electron chi connectivity index (χ0n) is 27.7. The molecule has 10 N–H and O–H groups in total. The molecule has 0 fully saturated rings. The summed E-state index contributed by atoms with van der Waals surface area (Å²) >= 11 is 0. The van der Waals surface area contributed by atoms with E-state index >= 15 is 0 Å². The van der Waals surface area contributed by atoms with E-state index in [9.17, 15) is 28.7 Å². The van der Waals surface area contributed by atoms with Gasteiger partial charge in [-0.15, -0.1) is 0 Å². The molecule has 0 aliphatic rings. The van der Waals surface area contributed by atoms with Crippen LogP contribution in [-0.4, -0.2) is 66.3 Å². The second-order valence-corrected chi connectivity index (χ2v) is 11.7. The van der Waals surface area contributed by atoms with Gasteiger partial charge in [0.2, 0.25) is 11.6 Å². The molecule has 1 aromatic heterocycles. The Hall–Kier alpha value is -5.67. The molecular weight excluding hydrogens is 627 g/mol. The number of phenols is 1. The number of nitrogens with two attached hydrogens (primary N) is 2. The molecule has 2 aromatic carbocycles. The molecule has 0 saturated heterocycles. The van der Waals surface area contributed by atoms with E-state index in [4.69, 9.17) is 21.8 Å². The van der Waals surface area contributed by atoms with Crippen LogP contribution < -0.4 is 33.0 Å². The fraction of sp³-hybridized carbons (Fsp3) is 0.375. The first kappa shape index (κ1) is 38.5. The van der Waals surface area contributed by atoms with Crippen molar-refractivity contribution in [1.82, 2.24) is 20.2 Å². The average Bonchev–Trinajstić information content (AvgIpc) is 3.00. The lowest BCUT2D eigenvalue weighted by molar-refractivity contribution is -0.148. The Morgan fingerprint density at radius 3 is 2.31 bits per heavy atom. The molecule has 1 atom stereocenters. The van der Waals surface area contributed by atoms with Crippen LogP contribution in [0.15, 0.2) is 52.5 Å². The monoisotopic (exact) mass is 670 g/mol. The number of benzene rings is 2. The lowest BCUT2D eigenvalue weighted by atomic mass is 10.1. The molecule has 0 unspecified atom stereocenters. The van der Waals surface area contributed by atoms with E-state index in [1.807, 2.05) is 27.7 Å². The summed E-state index contributed by atoms with van der Waals surface area (Å²) in [5, 5.41) is 38.3. The van der Waals surface area contributed by atoms with Crippen LogP contribution in [0.3, 0.4) is 0 Å². The Bertz CT molecular complexity index is 1720. The van der Waals surface area contributed by atoms with Crippen molar-refractivity contribution < 1.29 is 34.2 Å². The van der Waals surface area contributed by atoms with E-state index in [-0.39, 0.29) is 54.0 Å². The number of carbonyl (C=O) groups is 3. The van der Waals surface area contributed by atoms with Crippen LogP contribution in [0, 0.1) is 0 Å². The number of carbonyl (C=O) groups excluding carboxylic acids is 2. The number of nitrogens with one attached hydrogen (secondary N) is 3. The van der Waals surface area contributed by atoms with Crippen LogP contribution in [0.25, 0.3) is 11.3 Å². The van der Waals surface area contributed by atoms with Crippen molar-refractivity contribution in [3.8, 4) is 17.0 Å². The van der Waals surface area contributed by atoms with Gasteiger partial charge in [0.05, 0.1) is 17.5 Å². The van der Waals surface area contributed by atoms with Gasteiger partial charge in [-0.1, -0.05) is 18.1 Å². The van der Waals surface area contributed by atoms with Crippen molar-refractivity contribution in [2.75, 3.05) is 11.1 Å². The van der Waals surface area contributed by atoms with Crippen molar-refractivity contribution in [3.63, 3.8) is 0 Å². The van der Waals surface area contributed by atoms with Crippen LogP contribution in [0.4, 0.5) is 15.9 Å². The van der Waals surface area contributed by atoms with E-state index in [0.717, 1.165) is 20.3 Å². The Morgan fingerprint density at radius 1 is 1.12 bits per heavy atom. The maximum atomic E-state index is 13.4. The molecule has 1 heterocycles. The summed E-state index contributed by atoms with van der Waals surface area (Å²) in [6, 6.07) is 9.03. The number of halogens is 1. The van der Waals surface area contributed by atoms with Crippen LogP contribution >= 0.6 is 0 Å². The van der Waals surface area contributed by atoms with Crippen molar-refractivity contribution in [2.24, 2.45) is 10.9 Å². The zero-order valence-corrected chi connectivity index (χ0v) is 27.7. The van der Waals surface area contributed by atoms with Crippen molar-refractivity contribution in [2.45, 2.75) is 78.8 Å². The molecule has 0 aliphatic heterocycles. The first-order valence-electron chi connectivity index (χ1n) is 14.9. The van der Waals surface area contributed by atoms with E-state index in [2.05, 4.69) is 26.1 Å². The summed E-state index contributed by atoms with van der Waals surface area (Å²) in [4.78, 5) is 53.2.